The van der Waals surface area contributed by atoms with Crippen LogP contribution in [0.3, 0.4) is 0 Å². The molecule has 0 N–H and O–H groups in total. The van der Waals surface area contributed by atoms with Crippen molar-refractivity contribution in [3.63, 3.8) is 0 Å². The van der Waals surface area contributed by atoms with E-state index in [1.54, 1.807) is 6.92 Å². The van der Waals surface area contributed by atoms with Crippen molar-refractivity contribution in [1.29, 1.82) is 0 Å². The van der Waals surface area contributed by atoms with Gasteiger partial charge < -0.3 is 9.64 Å². The Hall–Kier alpha value is -1.84. The maximum absolute atomic E-state index is 11.7. The van der Waals surface area contributed by atoms with Crippen LogP contribution in [0.4, 0.5) is 5.69 Å². The molecule has 0 aliphatic carbocycles. The molecule has 0 spiro atoms. The first-order valence-corrected chi connectivity index (χ1v) is 6.39. The summed E-state index contributed by atoms with van der Waals surface area (Å²) >= 11 is 0. The number of rotatable bonds is 6. The van der Waals surface area contributed by atoms with Crippen LogP contribution in [0.15, 0.2) is 18.2 Å². The van der Waals surface area contributed by atoms with Crippen molar-refractivity contribution in [2.75, 3.05) is 25.1 Å². The third kappa shape index (κ3) is 4.73. The third-order valence-corrected chi connectivity index (χ3v) is 2.82. The lowest BCUT2D eigenvalue weighted by atomic mass is 10.1. The van der Waals surface area contributed by atoms with Gasteiger partial charge in [0.1, 0.15) is 6.42 Å². The Morgan fingerprint density at radius 1 is 1.26 bits per heavy atom. The monoisotopic (exact) mass is 263 g/mol. The van der Waals surface area contributed by atoms with Gasteiger partial charge in [0.2, 0.25) is 0 Å². The van der Waals surface area contributed by atoms with E-state index >= 15 is 0 Å². The summed E-state index contributed by atoms with van der Waals surface area (Å²) < 4.78 is 4.76. The summed E-state index contributed by atoms with van der Waals surface area (Å²) in [6, 6.07) is 6.07. The minimum absolute atomic E-state index is 0.138. The maximum atomic E-state index is 11.7. The molecule has 0 fully saturated rings. The normalized spacial score (nSPS) is 10.1. The molecule has 0 unspecified atom stereocenters. The van der Waals surface area contributed by atoms with Crippen LogP contribution in [-0.4, -0.2) is 32.0 Å². The van der Waals surface area contributed by atoms with Crippen molar-refractivity contribution in [2.24, 2.45) is 0 Å². The van der Waals surface area contributed by atoms with E-state index in [0.717, 1.165) is 11.3 Å². The molecule has 1 rings (SSSR count). The quantitative estimate of drug-likeness (QED) is 0.583. The van der Waals surface area contributed by atoms with E-state index < -0.39 is 5.97 Å². The first kappa shape index (κ1) is 15.2. The van der Waals surface area contributed by atoms with Crippen molar-refractivity contribution in [2.45, 2.75) is 27.2 Å². The molecule has 0 radical (unpaired) electrons. The van der Waals surface area contributed by atoms with Crippen LogP contribution in [0.2, 0.25) is 0 Å². The van der Waals surface area contributed by atoms with Crippen LogP contribution < -0.4 is 4.90 Å². The number of ether oxygens (including phenoxy) is 1. The zero-order chi connectivity index (χ0) is 14.4. The van der Waals surface area contributed by atoms with Gasteiger partial charge in [0, 0.05) is 12.7 Å². The molecule has 0 aliphatic rings. The molecule has 4 heteroatoms. The summed E-state index contributed by atoms with van der Waals surface area (Å²) in [6.45, 7) is 6.28. The van der Waals surface area contributed by atoms with E-state index in [1.807, 2.05) is 37.9 Å². The Morgan fingerprint density at radius 2 is 1.95 bits per heavy atom. The number of ketones is 1. The summed E-state index contributed by atoms with van der Waals surface area (Å²) in [6.07, 6.45) is -0.164. The van der Waals surface area contributed by atoms with Crippen LogP contribution in [0.1, 0.15) is 24.5 Å². The Labute approximate surface area is 114 Å². The molecule has 0 atom stereocenters. The van der Waals surface area contributed by atoms with E-state index in [-0.39, 0.29) is 18.7 Å². The lowest BCUT2D eigenvalue weighted by Crippen LogP contribution is -2.28. The predicted molar refractivity (Wildman–Crippen MR) is 75.4 cm³/mol. The van der Waals surface area contributed by atoms with Gasteiger partial charge in [-0.2, -0.15) is 0 Å². The van der Waals surface area contributed by atoms with Gasteiger partial charge in [-0.3, -0.25) is 9.59 Å². The first-order valence-electron chi connectivity index (χ1n) is 6.39. The van der Waals surface area contributed by atoms with E-state index in [0.29, 0.717) is 6.61 Å². The number of aryl methyl sites for hydroxylation is 2. The Bertz CT molecular complexity index is 468. The highest BCUT2D eigenvalue weighted by molar-refractivity contribution is 5.97. The summed E-state index contributed by atoms with van der Waals surface area (Å²) in [5, 5.41) is 0. The number of carbonyl (C=O) groups is 2. The number of carbonyl (C=O) groups excluding carboxylic acids is 2. The molecule has 19 heavy (non-hydrogen) atoms. The van der Waals surface area contributed by atoms with Gasteiger partial charge >= 0.3 is 5.97 Å². The fourth-order valence-electron chi connectivity index (χ4n) is 2.01. The number of hydrogen-bond acceptors (Lipinski definition) is 4. The average molecular weight is 263 g/mol. The molecule has 0 saturated carbocycles. The number of anilines is 1. The predicted octanol–water partition coefficient (Wildman–Crippen LogP) is 2.26. The molecule has 0 aliphatic heterocycles. The molecular formula is C15H21NO3. The molecule has 104 valence electrons. The zero-order valence-corrected chi connectivity index (χ0v) is 12.0. The summed E-state index contributed by atoms with van der Waals surface area (Å²) in [7, 11) is 1.85. The molecule has 0 bridgehead atoms. The number of nitrogens with zero attached hydrogens (tertiary/aromatic N) is 1. The summed E-state index contributed by atoms with van der Waals surface area (Å²) in [5.41, 5.74) is 3.31. The number of hydrogen-bond donors (Lipinski definition) is 0. The number of benzene rings is 1. The van der Waals surface area contributed by atoms with Crippen molar-refractivity contribution in [3.05, 3.63) is 29.3 Å². The number of Topliss-reactive ketones (excluding diaryl/α,β-unsaturated/α-hetero) is 1. The molecule has 4 nitrogen and oxygen atoms in total. The number of esters is 1. The average Bonchev–Trinajstić information content (AvgIpc) is 2.28. The topological polar surface area (TPSA) is 46.6 Å². The molecule has 0 amide bonds. The van der Waals surface area contributed by atoms with E-state index in [1.165, 1.54) is 5.56 Å². The fraction of sp³-hybridized carbons (Fsp3) is 0.467. The highest BCUT2D eigenvalue weighted by Gasteiger charge is 2.14. The van der Waals surface area contributed by atoms with Crippen LogP contribution >= 0.6 is 0 Å². The fourth-order valence-corrected chi connectivity index (χ4v) is 2.01. The van der Waals surface area contributed by atoms with Crippen molar-refractivity contribution < 1.29 is 14.3 Å². The molecule has 1 aromatic carbocycles. The van der Waals surface area contributed by atoms with Crippen molar-refractivity contribution >= 4 is 17.4 Å². The third-order valence-electron chi connectivity index (χ3n) is 2.82. The second kappa shape index (κ2) is 6.92. The van der Waals surface area contributed by atoms with E-state index in [4.69, 9.17) is 4.74 Å². The van der Waals surface area contributed by atoms with Crippen LogP contribution in [0, 0.1) is 13.8 Å². The molecule has 0 aromatic heterocycles. The molecular weight excluding hydrogens is 242 g/mol. The molecule has 0 heterocycles. The minimum Gasteiger partial charge on any atom is -0.466 e. The zero-order valence-electron chi connectivity index (χ0n) is 12.0. The standard InChI is InChI=1S/C15H21NO3/c1-5-19-15(18)9-13(17)10-16(4)14-7-6-11(2)8-12(14)3/h6-8H,5,9-10H2,1-4H3. The van der Waals surface area contributed by atoms with Gasteiger partial charge in [-0.05, 0) is 32.4 Å². The second-order valence-electron chi connectivity index (χ2n) is 4.67. The second-order valence-corrected chi connectivity index (χ2v) is 4.67. The summed E-state index contributed by atoms with van der Waals surface area (Å²) in [5.74, 6) is -0.595. The van der Waals surface area contributed by atoms with Gasteiger partial charge in [0.05, 0.1) is 13.2 Å². The van der Waals surface area contributed by atoms with Gasteiger partial charge in [-0.15, -0.1) is 0 Å². The van der Waals surface area contributed by atoms with Crippen molar-refractivity contribution in [3.8, 4) is 0 Å². The minimum atomic E-state index is -0.457. The number of likely N-dealkylation sites (N-methyl/N-ethyl adjacent to an activating group) is 1. The highest BCUT2D eigenvalue weighted by Crippen LogP contribution is 2.19. The Morgan fingerprint density at radius 3 is 2.53 bits per heavy atom. The summed E-state index contributed by atoms with van der Waals surface area (Å²) in [4.78, 5) is 24.8. The van der Waals surface area contributed by atoms with Gasteiger partial charge in [-0.25, -0.2) is 0 Å². The van der Waals surface area contributed by atoms with Gasteiger partial charge in [-0.1, -0.05) is 17.7 Å². The maximum Gasteiger partial charge on any atom is 0.313 e. The largest absolute Gasteiger partial charge is 0.466 e. The van der Waals surface area contributed by atoms with Gasteiger partial charge in [0.25, 0.3) is 0 Å². The Balaban J connectivity index is 2.61. The van der Waals surface area contributed by atoms with E-state index in [2.05, 4.69) is 6.07 Å². The molecule has 1 aromatic rings. The Kier molecular flexibility index (Phi) is 5.55. The van der Waals surface area contributed by atoms with Crippen LogP contribution in [0.25, 0.3) is 0 Å². The smallest absolute Gasteiger partial charge is 0.313 e. The lowest BCUT2D eigenvalue weighted by Gasteiger charge is -2.20. The van der Waals surface area contributed by atoms with Crippen LogP contribution in [-0.2, 0) is 14.3 Å². The van der Waals surface area contributed by atoms with E-state index in [9.17, 15) is 9.59 Å². The van der Waals surface area contributed by atoms with Crippen molar-refractivity contribution in [1.82, 2.24) is 0 Å². The lowest BCUT2D eigenvalue weighted by molar-refractivity contribution is -0.145. The van der Waals surface area contributed by atoms with Gasteiger partial charge in [0.15, 0.2) is 5.78 Å². The SMILES string of the molecule is CCOC(=O)CC(=O)CN(C)c1ccc(C)cc1C. The first-order chi connectivity index (χ1) is 8.93. The highest BCUT2D eigenvalue weighted by atomic mass is 16.5. The molecule has 0 saturated heterocycles. The van der Waals surface area contributed by atoms with Crippen LogP contribution in [0.5, 0.6) is 0 Å².